The van der Waals surface area contributed by atoms with Gasteiger partial charge in [0.25, 0.3) is 0 Å². The van der Waals surface area contributed by atoms with Crippen molar-refractivity contribution >= 4 is 29.1 Å². The average molecular weight is 435 g/mol. The Kier molecular flexibility index (Phi) is 8.22. The summed E-state index contributed by atoms with van der Waals surface area (Å²) in [5.74, 6) is 1.17. The fraction of sp³-hybridized carbons (Fsp3) is 0.435. The second kappa shape index (κ2) is 10.9. The van der Waals surface area contributed by atoms with Gasteiger partial charge in [-0.3, -0.25) is 9.69 Å². The van der Waals surface area contributed by atoms with Gasteiger partial charge in [-0.25, -0.2) is 0 Å². The second-order valence-electron chi connectivity index (χ2n) is 7.54. The summed E-state index contributed by atoms with van der Waals surface area (Å²) in [4.78, 5) is 14.8. The third-order valence-corrected chi connectivity index (χ3v) is 6.16. The number of aryl methyl sites for hydroxylation is 1. The Hall–Kier alpha value is -1.75. The molecule has 1 amide bonds. The van der Waals surface area contributed by atoms with Crippen molar-refractivity contribution in [1.82, 2.24) is 10.2 Å². The van der Waals surface area contributed by atoms with Crippen LogP contribution in [0.5, 0.6) is 5.75 Å². The van der Waals surface area contributed by atoms with Crippen LogP contribution in [0.25, 0.3) is 0 Å². The molecule has 3 rings (SSSR count). The van der Waals surface area contributed by atoms with Crippen molar-refractivity contribution in [3.05, 3.63) is 63.6 Å². The van der Waals surface area contributed by atoms with Crippen LogP contribution in [0.15, 0.2) is 42.5 Å². The molecule has 4 nitrogen and oxygen atoms in total. The van der Waals surface area contributed by atoms with Gasteiger partial charge in [0.15, 0.2) is 0 Å². The molecule has 1 heterocycles. The van der Waals surface area contributed by atoms with Gasteiger partial charge in [0.2, 0.25) is 5.91 Å². The summed E-state index contributed by atoms with van der Waals surface area (Å²) < 4.78 is 5.25. The number of nitrogens with one attached hydrogen (secondary N) is 1. The van der Waals surface area contributed by atoms with Crippen LogP contribution in [0, 0.1) is 5.92 Å². The fourth-order valence-corrected chi connectivity index (χ4v) is 4.05. The molecule has 2 aromatic carbocycles. The lowest BCUT2D eigenvalue weighted by atomic mass is 9.95. The third-order valence-electron chi connectivity index (χ3n) is 5.42. The van der Waals surface area contributed by atoms with E-state index in [4.69, 9.17) is 27.9 Å². The van der Waals surface area contributed by atoms with E-state index >= 15 is 0 Å². The Bertz CT molecular complexity index is 820. The Balaban J connectivity index is 1.35. The predicted molar refractivity (Wildman–Crippen MR) is 119 cm³/mol. The van der Waals surface area contributed by atoms with Crippen molar-refractivity contribution < 1.29 is 9.53 Å². The number of nitrogens with zero attached hydrogens (tertiary/aromatic N) is 1. The molecule has 156 valence electrons. The molecule has 0 radical (unpaired) electrons. The van der Waals surface area contributed by atoms with Crippen molar-refractivity contribution in [1.29, 1.82) is 0 Å². The van der Waals surface area contributed by atoms with Crippen molar-refractivity contribution in [3.8, 4) is 5.75 Å². The maximum absolute atomic E-state index is 12.5. The van der Waals surface area contributed by atoms with Crippen LogP contribution in [-0.4, -0.2) is 37.6 Å². The highest BCUT2D eigenvalue weighted by atomic mass is 35.5. The van der Waals surface area contributed by atoms with E-state index in [-0.39, 0.29) is 11.8 Å². The number of halogens is 2. The summed E-state index contributed by atoms with van der Waals surface area (Å²) in [6.07, 6.45) is 3.64. The van der Waals surface area contributed by atoms with Crippen molar-refractivity contribution in [2.75, 3.05) is 26.7 Å². The Morgan fingerprint density at radius 3 is 2.62 bits per heavy atom. The number of piperidine rings is 1. The number of carbonyl (C=O) groups is 1. The van der Waals surface area contributed by atoms with E-state index in [1.54, 1.807) is 7.11 Å². The van der Waals surface area contributed by atoms with E-state index in [0.29, 0.717) is 16.6 Å². The van der Waals surface area contributed by atoms with Crippen molar-refractivity contribution in [3.63, 3.8) is 0 Å². The Morgan fingerprint density at radius 2 is 1.90 bits per heavy atom. The van der Waals surface area contributed by atoms with E-state index in [2.05, 4.69) is 16.3 Å². The molecule has 2 aromatic rings. The lowest BCUT2D eigenvalue weighted by molar-refractivity contribution is -0.126. The number of likely N-dealkylation sites (tertiary alicyclic amines) is 1. The summed E-state index contributed by atoms with van der Waals surface area (Å²) in [6, 6.07) is 13.8. The quantitative estimate of drug-likeness (QED) is 0.596. The van der Waals surface area contributed by atoms with Gasteiger partial charge in [-0.1, -0.05) is 41.4 Å². The van der Waals surface area contributed by atoms with Crippen LogP contribution in [0.3, 0.4) is 0 Å². The Labute approximate surface area is 183 Å². The average Bonchev–Trinajstić information content (AvgIpc) is 2.74. The first kappa shape index (κ1) is 21.9. The lowest BCUT2D eigenvalue weighted by Gasteiger charge is -2.31. The number of hydrogen-bond donors (Lipinski definition) is 1. The van der Waals surface area contributed by atoms with Crippen LogP contribution < -0.4 is 10.1 Å². The Morgan fingerprint density at radius 1 is 1.10 bits per heavy atom. The van der Waals surface area contributed by atoms with Gasteiger partial charge in [-0.05, 0) is 74.2 Å². The van der Waals surface area contributed by atoms with Crippen molar-refractivity contribution in [2.45, 2.75) is 32.2 Å². The highest BCUT2D eigenvalue weighted by Crippen LogP contribution is 2.25. The first-order chi connectivity index (χ1) is 14.0. The number of carbonyl (C=O) groups excluding carboxylic acids is 1. The molecular weight excluding hydrogens is 407 g/mol. The first-order valence-corrected chi connectivity index (χ1v) is 10.9. The van der Waals surface area contributed by atoms with Gasteiger partial charge in [0.05, 0.1) is 17.2 Å². The highest BCUT2D eigenvalue weighted by Gasteiger charge is 2.24. The zero-order chi connectivity index (χ0) is 20.6. The molecule has 1 N–H and O–H groups in total. The molecule has 1 aliphatic rings. The van der Waals surface area contributed by atoms with Gasteiger partial charge in [-0.2, -0.15) is 0 Å². The van der Waals surface area contributed by atoms with Gasteiger partial charge in [-0.15, -0.1) is 0 Å². The zero-order valence-corrected chi connectivity index (χ0v) is 18.3. The van der Waals surface area contributed by atoms with Gasteiger partial charge in [0.1, 0.15) is 5.75 Å². The molecular formula is C23H28Cl2N2O2. The van der Waals surface area contributed by atoms with E-state index in [1.165, 1.54) is 5.56 Å². The molecule has 0 saturated carbocycles. The summed E-state index contributed by atoms with van der Waals surface area (Å²) >= 11 is 12.1. The van der Waals surface area contributed by atoms with Gasteiger partial charge >= 0.3 is 0 Å². The number of rotatable bonds is 8. The lowest BCUT2D eigenvalue weighted by Crippen LogP contribution is -2.40. The number of hydrogen-bond acceptors (Lipinski definition) is 3. The van der Waals surface area contributed by atoms with Crippen LogP contribution in [0.2, 0.25) is 10.0 Å². The summed E-state index contributed by atoms with van der Waals surface area (Å²) in [5, 5.41) is 4.28. The normalized spacial score (nSPS) is 15.3. The molecule has 0 atom stereocenters. The van der Waals surface area contributed by atoms with E-state index in [0.717, 1.165) is 56.6 Å². The first-order valence-electron chi connectivity index (χ1n) is 10.1. The smallest absolute Gasteiger partial charge is 0.223 e. The topological polar surface area (TPSA) is 41.6 Å². The molecule has 1 fully saturated rings. The largest absolute Gasteiger partial charge is 0.497 e. The summed E-state index contributed by atoms with van der Waals surface area (Å²) in [6.45, 7) is 3.38. The predicted octanol–water partition coefficient (Wildman–Crippen LogP) is 4.96. The minimum absolute atomic E-state index is 0.108. The van der Waals surface area contributed by atoms with Crippen LogP contribution in [0.4, 0.5) is 0 Å². The number of methoxy groups -OCH3 is 1. The molecule has 0 spiro atoms. The summed E-state index contributed by atoms with van der Waals surface area (Å²) in [7, 11) is 1.68. The number of benzene rings is 2. The van der Waals surface area contributed by atoms with Crippen LogP contribution in [-0.2, 0) is 17.8 Å². The number of amides is 1. The molecule has 29 heavy (non-hydrogen) atoms. The van der Waals surface area contributed by atoms with E-state index in [9.17, 15) is 4.79 Å². The molecule has 0 aromatic heterocycles. The minimum atomic E-state index is 0.108. The van der Waals surface area contributed by atoms with Crippen LogP contribution >= 0.6 is 23.2 Å². The highest BCUT2D eigenvalue weighted by molar-refractivity contribution is 6.42. The number of ether oxygens (including phenoxy) is 1. The fourth-order valence-electron chi connectivity index (χ4n) is 3.73. The van der Waals surface area contributed by atoms with Gasteiger partial charge in [0, 0.05) is 19.0 Å². The zero-order valence-electron chi connectivity index (χ0n) is 16.8. The maximum Gasteiger partial charge on any atom is 0.223 e. The summed E-state index contributed by atoms with van der Waals surface area (Å²) in [5.41, 5.74) is 2.38. The van der Waals surface area contributed by atoms with E-state index < -0.39 is 0 Å². The molecule has 0 unspecified atom stereocenters. The monoisotopic (exact) mass is 434 g/mol. The maximum atomic E-state index is 12.5. The molecule has 6 heteroatoms. The van der Waals surface area contributed by atoms with E-state index in [1.807, 2.05) is 36.4 Å². The van der Waals surface area contributed by atoms with Gasteiger partial charge < -0.3 is 10.1 Å². The third kappa shape index (κ3) is 6.63. The molecule has 1 saturated heterocycles. The molecule has 0 bridgehead atoms. The van der Waals surface area contributed by atoms with Crippen LogP contribution in [0.1, 0.15) is 30.4 Å². The minimum Gasteiger partial charge on any atom is -0.497 e. The second-order valence-corrected chi connectivity index (χ2v) is 8.36. The molecule has 1 aliphatic heterocycles. The molecule has 0 aliphatic carbocycles. The SMILES string of the molecule is COc1cccc(CCCNC(=O)C2CCN(Cc3ccc(Cl)c(Cl)c3)CC2)c1. The standard InChI is InChI=1S/C23H28Cl2N2O2/c1-29-20-6-2-4-17(14-20)5-3-11-26-23(28)19-9-12-27(13-10-19)16-18-7-8-21(24)22(25)15-18/h2,4,6-8,14-15,19H,3,5,9-13,16H2,1H3,(H,26,28). The van der Waals surface area contributed by atoms with Crippen molar-refractivity contribution in [2.24, 2.45) is 5.92 Å².